The average molecular weight is 331 g/mol. The summed E-state index contributed by atoms with van der Waals surface area (Å²) < 4.78 is 6.06. The average Bonchev–Trinajstić information content (AvgIpc) is 2.22. The van der Waals surface area contributed by atoms with Crippen molar-refractivity contribution in [3.8, 4) is 0 Å². The zero-order valence-corrected chi connectivity index (χ0v) is 11.7. The van der Waals surface area contributed by atoms with Crippen LogP contribution in [0.5, 0.6) is 0 Å². The van der Waals surface area contributed by atoms with E-state index in [1.165, 1.54) is 0 Å². The minimum absolute atomic E-state index is 0.233. The van der Waals surface area contributed by atoms with Gasteiger partial charge in [-0.15, -0.1) is 0 Å². The van der Waals surface area contributed by atoms with Gasteiger partial charge in [0, 0.05) is 13.8 Å². The zero-order valence-electron chi connectivity index (χ0n) is 8.55. The fraction of sp³-hybridized carbons (Fsp3) is 0.364. The number of hydrogen-bond donors (Lipinski definition) is 0. The highest BCUT2D eigenvalue weighted by molar-refractivity contribution is 14.1. The highest BCUT2D eigenvalue weighted by Gasteiger charge is 2.10. The Bertz CT molecular complexity index is 352. The molecule has 1 aromatic rings. The van der Waals surface area contributed by atoms with E-state index in [-0.39, 0.29) is 5.97 Å². The summed E-state index contributed by atoms with van der Waals surface area (Å²) in [7, 11) is 3.33. The van der Waals surface area contributed by atoms with E-state index < -0.39 is 0 Å². The van der Waals surface area contributed by atoms with Crippen LogP contribution in [0.15, 0.2) is 18.2 Å². The van der Waals surface area contributed by atoms with Crippen LogP contribution < -0.4 is 0 Å². The molecule has 2 nitrogen and oxygen atoms in total. The van der Waals surface area contributed by atoms with Gasteiger partial charge in [-0.1, -0.05) is 17.7 Å². The van der Waals surface area contributed by atoms with Crippen LogP contribution >= 0.6 is 22.6 Å². The van der Waals surface area contributed by atoms with Crippen molar-refractivity contribution in [2.75, 3.05) is 6.61 Å². The quantitative estimate of drug-likeness (QED) is 0.367. The number of ether oxygens (including phenoxy) is 1. The third-order valence-corrected chi connectivity index (χ3v) is 3.19. The molecule has 0 atom stereocenters. The van der Waals surface area contributed by atoms with E-state index in [4.69, 9.17) is 4.74 Å². The van der Waals surface area contributed by atoms with Crippen molar-refractivity contribution in [2.24, 2.45) is 0 Å². The smallest absolute Gasteiger partial charge is 0.339 e. The van der Waals surface area contributed by atoms with Gasteiger partial charge in [0.25, 0.3) is 0 Å². The standard InChI is InChI=1S/C11H12IO2Si/c1-8-3-4-10(12)9(7-8)11(13)14-5-2-6-15/h3-4,7H,2,5-6H2,1H3. The second-order valence-electron chi connectivity index (χ2n) is 3.22. The summed E-state index contributed by atoms with van der Waals surface area (Å²) in [6, 6.07) is 6.61. The first-order valence-corrected chi connectivity index (χ1v) is 6.51. The molecule has 0 unspecified atom stereocenters. The van der Waals surface area contributed by atoms with Gasteiger partial charge in [-0.2, -0.15) is 0 Å². The Morgan fingerprint density at radius 1 is 1.53 bits per heavy atom. The largest absolute Gasteiger partial charge is 0.462 e. The van der Waals surface area contributed by atoms with Crippen LogP contribution in [0.1, 0.15) is 22.3 Å². The number of carbonyl (C=O) groups is 1. The molecule has 0 aliphatic rings. The Morgan fingerprint density at radius 3 is 2.93 bits per heavy atom. The summed E-state index contributed by atoms with van der Waals surface area (Å²) in [5.41, 5.74) is 1.73. The summed E-state index contributed by atoms with van der Waals surface area (Å²) in [5, 5.41) is 0. The molecule has 4 heteroatoms. The van der Waals surface area contributed by atoms with Crippen molar-refractivity contribution in [2.45, 2.75) is 19.4 Å². The molecule has 1 aromatic carbocycles. The molecular weight excluding hydrogens is 319 g/mol. The van der Waals surface area contributed by atoms with Gasteiger partial charge >= 0.3 is 5.97 Å². The minimum atomic E-state index is -0.233. The molecule has 0 heterocycles. The second-order valence-corrected chi connectivity index (χ2v) is 4.88. The van der Waals surface area contributed by atoms with Gasteiger partial charge < -0.3 is 4.74 Å². The number of aryl methyl sites for hydroxylation is 1. The Balaban J connectivity index is 2.68. The van der Waals surface area contributed by atoms with Gasteiger partial charge in [0.1, 0.15) is 0 Å². The Labute approximate surface area is 107 Å². The third-order valence-electron chi connectivity index (χ3n) is 1.90. The van der Waals surface area contributed by atoms with Crippen molar-refractivity contribution >= 4 is 38.8 Å². The summed E-state index contributed by atoms with van der Waals surface area (Å²) in [6.45, 7) is 2.43. The van der Waals surface area contributed by atoms with Crippen molar-refractivity contribution in [1.29, 1.82) is 0 Å². The van der Waals surface area contributed by atoms with Gasteiger partial charge in [0.05, 0.1) is 12.2 Å². The summed E-state index contributed by atoms with van der Waals surface area (Å²) in [5.74, 6) is -0.233. The molecule has 0 aromatic heterocycles. The number of carbonyl (C=O) groups excluding carboxylic acids is 1. The first kappa shape index (κ1) is 12.7. The second kappa shape index (κ2) is 6.27. The van der Waals surface area contributed by atoms with Crippen LogP contribution in [0.2, 0.25) is 6.04 Å². The van der Waals surface area contributed by atoms with Crippen LogP contribution in [-0.4, -0.2) is 22.8 Å². The third kappa shape index (κ3) is 3.94. The summed E-state index contributed by atoms with van der Waals surface area (Å²) in [6.07, 6.45) is 0.838. The molecule has 0 bridgehead atoms. The lowest BCUT2D eigenvalue weighted by molar-refractivity contribution is 0.0504. The number of benzene rings is 1. The fourth-order valence-corrected chi connectivity index (χ4v) is 1.81. The van der Waals surface area contributed by atoms with Gasteiger partial charge in [0.15, 0.2) is 0 Å². The zero-order chi connectivity index (χ0) is 11.3. The van der Waals surface area contributed by atoms with Crippen molar-refractivity contribution in [3.63, 3.8) is 0 Å². The molecular formula is C11H12IO2Si. The first-order valence-electron chi connectivity index (χ1n) is 4.73. The molecule has 3 radical (unpaired) electrons. The number of hydrogen-bond acceptors (Lipinski definition) is 2. The first-order chi connectivity index (χ1) is 7.15. The van der Waals surface area contributed by atoms with Crippen molar-refractivity contribution in [3.05, 3.63) is 32.9 Å². The van der Waals surface area contributed by atoms with E-state index in [2.05, 4.69) is 32.8 Å². The summed E-state index contributed by atoms with van der Waals surface area (Å²) in [4.78, 5) is 11.6. The Morgan fingerprint density at radius 2 is 2.27 bits per heavy atom. The Hall–Kier alpha value is -0.363. The lowest BCUT2D eigenvalue weighted by atomic mass is 10.1. The molecule has 0 saturated heterocycles. The number of esters is 1. The predicted molar refractivity (Wildman–Crippen MR) is 69.4 cm³/mol. The van der Waals surface area contributed by atoms with E-state index in [0.29, 0.717) is 12.2 Å². The van der Waals surface area contributed by atoms with Crippen molar-refractivity contribution in [1.82, 2.24) is 0 Å². The topological polar surface area (TPSA) is 26.3 Å². The molecule has 1 rings (SSSR count). The van der Waals surface area contributed by atoms with Crippen LogP contribution in [0.3, 0.4) is 0 Å². The molecule has 0 aliphatic heterocycles. The molecule has 79 valence electrons. The van der Waals surface area contributed by atoms with Gasteiger partial charge in [0.2, 0.25) is 0 Å². The van der Waals surface area contributed by atoms with Crippen LogP contribution in [0, 0.1) is 10.5 Å². The molecule has 0 saturated carbocycles. The molecule has 0 N–H and O–H groups in total. The maximum atomic E-state index is 11.6. The maximum absolute atomic E-state index is 11.6. The molecule has 0 spiro atoms. The number of rotatable bonds is 4. The molecule has 0 fully saturated rings. The molecule has 0 aliphatic carbocycles. The lowest BCUT2D eigenvalue weighted by Crippen LogP contribution is -2.08. The fourth-order valence-electron chi connectivity index (χ4n) is 1.11. The highest BCUT2D eigenvalue weighted by atomic mass is 127. The van der Waals surface area contributed by atoms with E-state index in [1.54, 1.807) is 0 Å². The van der Waals surface area contributed by atoms with E-state index >= 15 is 0 Å². The van der Waals surface area contributed by atoms with E-state index in [9.17, 15) is 4.79 Å². The minimum Gasteiger partial charge on any atom is -0.462 e. The lowest BCUT2D eigenvalue weighted by Gasteiger charge is -2.06. The maximum Gasteiger partial charge on any atom is 0.339 e. The summed E-state index contributed by atoms with van der Waals surface area (Å²) >= 11 is 2.14. The van der Waals surface area contributed by atoms with Gasteiger partial charge in [-0.05, 0) is 48.1 Å². The number of halogens is 1. The van der Waals surface area contributed by atoms with Crippen LogP contribution in [0.4, 0.5) is 0 Å². The van der Waals surface area contributed by atoms with Crippen LogP contribution in [-0.2, 0) is 4.74 Å². The monoisotopic (exact) mass is 331 g/mol. The molecule has 15 heavy (non-hydrogen) atoms. The van der Waals surface area contributed by atoms with Crippen molar-refractivity contribution < 1.29 is 9.53 Å². The molecule has 0 amide bonds. The van der Waals surface area contributed by atoms with Crippen LogP contribution in [0.25, 0.3) is 0 Å². The normalized spacial score (nSPS) is 10.1. The SMILES string of the molecule is Cc1ccc(I)c(C(=O)OCCC[Si])c1. The van der Waals surface area contributed by atoms with E-state index in [0.717, 1.165) is 21.6 Å². The van der Waals surface area contributed by atoms with E-state index in [1.807, 2.05) is 25.1 Å². The van der Waals surface area contributed by atoms with Gasteiger partial charge in [-0.25, -0.2) is 4.79 Å². The predicted octanol–water partition coefficient (Wildman–Crippen LogP) is 2.73. The highest BCUT2D eigenvalue weighted by Crippen LogP contribution is 2.15. The Kier molecular flexibility index (Phi) is 5.31. The van der Waals surface area contributed by atoms with Gasteiger partial charge in [-0.3, -0.25) is 0 Å².